The van der Waals surface area contributed by atoms with Crippen molar-refractivity contribution in [1.82, 2.24) is 15.1 Å². The minimum atomic E-state index is -0.300. The fourth-order valence-corrected chi connectivity index (χ4v) is 2.72. The van der Waals surface area contributed by atoms with Gasteiger partial charge in [-0.2, -0.15) is 5.10 Å². The van der Waals surface area contributed by atoms with E-state index >= 15 is 0 Å². The number of hydrogen-bond donors (Lipinski definition) is 2. The van der Waals surface area contributed by atoms with E-state index in [4.69, 9.17) is 4.74 Å². The van der Waals surface area contributed by atoms with E-state index in [9.17, 15) is 9.90 Å². The van der Waals surface area contributed by atoms with E-state index in [1.54, 1.807) is 24.1 Å². The molecule has 0 bridgehead atoms. The third kappa shape index (κ3) is 5.06. The highest BCUT2D eigenvalue weighted by atomic mass is 16.5. The summed E-state index contributed by atoms with van der Waals surface area (Å²) in [6.45, 7) is 8.09. The SMILES string of the molecule is COc1ccc(C)cc1-n1ccc(C(=O)NC(CO)CC(C)(C)C)n1. The lowest BCUT2D eigenvalue weighted by molar-refractivity contribution is 0.0892. The second-order valence-corrected chi connectivity index (χ2v) is 7.44. The number of methoxy groups -OCH3 is 1. The van der Waals surface area contributed by atoms with Crippen LogP contribution in [0.15, 0.2) is 30.5 Å². The maximum atomic E-state index is 12.4. The first kappa shape index (κ1) is 19.0. The van der Waals surface area contributed by atoms with Crippen molar-refractivity contribution < 1.29 is 14.6 Å². The number of rotatable bonds is 6. The lowest BCUT2D eigenvalue weighted by atomic mass is 9.88. The number of nitrogens with one attached hydrogen (secondary N) is 1. The standard InChI is InChI=1S/C19H27N3O3/c1-13-6-7-17(25-5)16(10-13)22-9-8-15(21-22)18(24)20-14(12-23)11-19(2,3)4/h6-10,14,23H,11-12H2,1-5H3,(H,20,24). The van der Waals surface area contributed by atoms with Gasteiger partial charge in [-0.1, -0.05) is 26.8 Å². The quantitative estimate of drug-likeness (QED) is 0.844. The predicted molar refractivity (Wildman–Crippen MR) is 97.3 cm³/mol. The molecular formula is C19H27N3O3. The zero-order chi connectivity index (χ0) is 18.6. The van der Waals surface area contributed by atoms with Crippen molar-refractivity contribution >= 4 is 5.91 Å². The van der Waals surface area contributed by atoms with Gasteiger partial charge in [0, 0.05) is 6.20 Å². The zero-order valence-corrected chi connectivity index (χ0v) is 15.5. The van der Waals surface area contributed by atoms with Crippen molar-refractivity contribution in [2.75, 3.05) is 13.7 Å². The summed E-state index contributed by atoms with van der Waals surface area (Å²) >= 11 is 0. The molecule has 25 heavy (non-hydrogen) atoms. The normalized spacial score (nSPS) is 12.7. The summed E-state index contributed by atoms with van der Waals surface area (Å²) in [7, 11) is 1.60. The Labute approximate surface area is 148 Å². The summed E-state index contributed by atoms with van der Waals surface area (Å²) < 4.78 is 6.99. The van der Waals surface area contributed by atoms with Crippen LogP contribution in [0.1, 0.15) is 43.2 Å². The minimum absolute atomic E-state index is 0.00890. The molecule has 6 heteroatoms. The first-order chi connectivity index (χ1) is 11.7. The van der Waals surface area contributed by atoms with Crippen molar-refractivity contribution in [2.24, 2.45) is 5.41 Å². The predicted octanol–water partition coefficient (Wildman–Crippen LogP) is 2.72. The van der Waals surface area contributed by atoms with E-state index in [-0.39, 0.29) is 24.0 Å². The number of nitrogens with zero attached hydrogens (tertiary/aromatic N) is 2. The number of aromatic nitrogens is 2. The zero-order valence-electron chi connectivity index (χ0n) is 15.5. The van der Waals surface area contributed by atoms with Crippen molar-refractivity contribution in [1.29, 1.82) is 0 Å². The first-order valence-corrected chi connectivity index (χ1v) is 8.36. The Balaban J connectivity index is 2.18. The fraction of sp³-hybridized carbons (Fsp3) is 0.474. The van der Waals surface area contributed by atoms with E-state index in [1.165, 1.54) is 0 Å². The third-order valence-electron chi connectivity index (χ3n) is 3.82. The number of carbonyl (C=O) groups is 1. The van der Waals surface area contributed by atoms with Gasteiger partial charge in [0.1, 0.15) is 11.4 Å². The highest BCUT2D eigenvalue weighted by Crippen LogP contribution is 2.24. The second-order valence-electron chi connectivity index (χ2n) is 7.44. The Morgan fingerprint density at radius 3 is 2.68 bits per heavy atom. The van der Waals surface area contributed by atoms with Crippen molar-refractivity contribution in [3.8, 4) is 11.4 Å². The maximum absolute atomic E-state index is 12.4. The average Bonchev–Trinajstić information content (AvgIpc) is 3.02. The molecule has 0 aliphatic heterocycles. The van der Waals surface area contributed by atoms with Gasteiger partial charge in [0.15, 0.2) is 5.69 Å². The van der Waals surface area contributed by atoms with Crippen molar-refractivity contribution in [2.45, 2.75) is 40.2 Å². The minimum Gasteiger partial charge on any atom is -0.494 e. The summed E-state index contributed by atoms with van der Waals surface area (Å²) in [5.74, 6) is 0.385. The molecule has 1 atom stereocenters. The number of aliphatic hydroxyl groups is 1. The van der Waals surface area contributed by atoms with Gasteiger partial charge in [-0.05, 0) is 42.5 Å². The number of carbonyl (C=O) groups excluding carboxylic acids is 1. The number of benzene rings is 1. The van der Waals surface area contributed by atoms with Crippen LogP contribution < -0.4 is 10.1 Å². The van der Waals surface area contributed by atoms with Gasteiger partial charge in [-0.15, -0.1) is 0 Å². The fourth-order valence-electron chi connectivity index (χ4n) is 2.72. The van der Waals surface area contributed by atoms with Crippen LogP contribution >= 0.6 is 0 Å². The third-order valence-corrected chi connectivity index (χ3v) is 3.82. The van der Waals surface area contributed by atoms with Crippen molar-refractivity contribution in [3.05, 3.63) is 41.7 Å². The first-order valence-electron chi connectivity index (χ1n) is 8.36. The summed E-state index contributed by atoms with van der Waals surface area (Å²) in [5, 5.41) is 16.7. The lowest BCUT2D eigenvalue weighted by Crippen LogP contribution is -2.40. The summed E-state index contributed by atoms with van der Waals surface area (Å²) in [4.78, 5) is 12.4. The van der Waals surface area contributed by atoms with Crippen LogP contribution in [0.3, 0.4) is 0 Å². The summed E-state index contributed by atoms with van der Waals surface area (Å²) in [6.07, 6.45) is 2.41. The molecule has 6 nitrogen and oxygen atoms in total. The summed E-state index contributed by atoms with van der Waals surface area (Å²) in [6, 6.07) is 7.13. The number of hydrogen-bond acceptors (Lipinski definition) is 4. The van der Waals surface area contributed by atoms with Crippen LogP contribution in [0.5, 0.6) is 5.75 Å². The summed E-state index contributed by atoms with van der Waals surface area (Å²) in [5.41, 5.74) is 2.16. The molecule has 0 aliphatic rings. The van der Waals surface area contributed by atoms with Crippen LogP contribution in [-0.4, -0.2) is 40.6 Å². The molecule has 0 aliphatic carbocycles. The van der Waals surface area contributed by atoms with Gasteiger partial charge in [-0.3, -0.25) is 4.79 Å². The van der Waals surface area contributed by atoms with E-state index in [2.05, 4.69) is 31.2 Å². The molecule has 0 spiro atoms. The number of aryl methyl sites for hydroxylation is 1. The van der Waals surface area contributed by atoms with Gasteiger partial charge < -0.3 is 15.2 Å². The molecule has 2 rings (SSSR count). The number of amides is 1. The molecule has 2 aromatic rings. The molecular weight excluding hydrogens is 318 g/mol. The highest BCUT2D eigenvalue weighted by Gasteiger charge is 2.21. The van der Waals surface area contributed by atoms with Crippen LogP contribution in [0.25, 0.3) is 5.69 Å². The van der Waals surface area contributed by atoms with E-state index in [1.807, 2.05) is 25.1 Å². The molecule has 0 saturated carbocycles. The second kappa shape index (κ2) is 7.70. The van der Waals surface area contributed by atoms with E-state index in [0.717, 1.165) is 11.3 Å². The van der Waals surface area contributed by atoms with Gasteiger partial charge in [-0.25, -0.2) is 4.68 Å². The average molecular weight is 345 g/mol. The van der Waals surface area contributed by atoms with Crippen LogP contribution in [0.4, 0.5) is 0 Å². The van der Waals surface area contributed by atoms with Crippen molar-refractivity contribution in [3.63, 3.8) is 0 Å². The molecule has 136 valence electrons. The van der Waals surface area contributed by atoms with E-state index < -0.39 is 0 Å². The largest absolute Gasteiger partial charge is 0.494 e. The van der Waals surface area contributed by atoms with E-state index in [0.29, 0.717) is 17.9 Å². The number of ether oxygens (including phenoxy) is 1. The molecule has 2 N–H and O–H groups in total. The molecule has 1 amide bonds. The molecule has 1 aromatic heterocycles. The molecule has 0 saturated heterocycles. The van der Waals surface area contributed by atoms with Crippen LogP contribution in [-0.2, 0) is 0 Å². The molecule has 1 unspecified atom stereocenters. The monoisotopic (exact) mass is 345 g/mol. The molecule has 1 heterocycles. The topological polar surface area (TPSA) is 76.4 Å². The lowest BCUT2D eigenvalue weighted by Gasteiger charge is -2.25. The Kier molecular flexibility index (Phi) is 5.85. The Bertz CT molecular complexity index is 732. The molecule has 0 fully saturated rings. The van der Waals surface area contributed by atoms with Crippen LogP contribution in [0.2, 0.25) is 0 Å². The maximum Gasteiger partial charge on any atom is 0.272 e. The Morgan fingerprint density at radius 2 is 2.08 bits per heavy atom. The number of aliphatic hydroxyl groups excluding tert-OH is 1. The molecule has 0 radical (unpaired) electrons. The Morgan fingerprint density at radius 1 is 1.36 bits per heavy atom. The van der Waals surface area contributed by atoms with Gasteiger partial charge in [0.2, 0.25) is 0 Å². The van der Waals surface area contributed by atoms with Gasteiger partial charge in [0.05, 0.1) is 19.8 Å². The Hall–Kier alpha value is -2.34. The van der Waals surface area contributed by atoms with Crippen LogP contribution in [0, 0.1) is 12.3 Å². The smallest absolute Gasteiger partial charge is 0.272 e. The van der Waals surface area contributed by atoms with Gasteiger partial charge in [0.25, 0.3) is 5.91 Å². The highest BCUT2D eigenvalue weighted by molar-refractivity contribution is 5.92. The van der Waals surface area contributed by atoms with Gasteiger partial charge >= 0.3 is 0 Å². The molecule has 1 aromatic carbocycles.